The van der Waals surface area contributed by atoms with Gasteiger partial charge in [-0.2, -0.15) is 8.42 Å². The Labute approximate surface area is 169 Å². The van der Waals surface area contributed by atoms with Gasteiger partial charge in [0.05, 0.1) is 4.90 Å². The maximum absolute atomic E-state index is 12.8. The summed E-state index contributed by atoms with van der Waals surface area (Å²) in [5.74, 6) is 0. The van der Waals surface area contributed by atoms with Gasteiger partial charge in [-0.05, 0) is 83.5 Å². The Hall–Kier alpha value is -1.37. The number of nitrogens with zero attached hydrogens (tertiary/aromatic N) is 1. The van der Waals surface area contributed by atoms with Gasteiger partial charge in [0.25, 0.3) is 10.0 Å². The lowest BCUT2D eigenvalue weighted by Gasteiger charge is -2.10. The average molecular weight is 445 g/mol. The summed E-state index contributed by atoms with van der Waals surface area (Å²) >= 11 is 17.7. The summed E-state index contributed by atoms with van der Waals surface area (Å²) in [7, 11) is -4.94. The van der Waals surface area contributed by atoms with Crippen molar-refractivity contribution in [3.8, 4) is 0 Å². The molecule has 0 fully saturated rings. The van der Waals surface area contributed by atoms with Crippen molar-refractivity contribution in [2.24, 2.45) is 3.77 Å². The Morgan fingerprint density at radius 3 is 1.35 bits per heavy atom. The molecular formula is C18H12Cl3NO2S2. The van der Waals surface area contributed by atoms with Crippen molar-refractivity contribution in [1.29, 1.82) is 0 Å². The van der Waals surface area contributed by atoms with Gasteiger partial charge in [-0.25, -0.2) is 0 Å². The van der Waals surface area contributed by atoms with Crippen molar-refractivity contribution in [3.05, 3.63) is 87.9 Å². The molecule has 0 heterocycles. The SMILES string of the molecule is O=S(=O)(N=S(c1ccc(Cl)cc1)c1ccc(Cl)cc1)c1ccc(Cl)cc1. The minimum Gasteiger partial charge on any atom is -0.199 e. The molecule has 0 bridgehead atoms. The van der Waals surface area contributed by atoms with Crippen LogP contribution in [0.2, 0.25) is 15.1 Å². The highest BCUT2D eigenvalue weighted by Gasteiger charge is 2.16. The summed E-state index contributed by atoms with van der Waals surface area (Å²) in [6.07, 6.45) is 0. The highest BCUT2D eigenvalue weighted by atomic mass is 35.5. The average Bonchev–Trinajstić information content (AvgIpc) is 2.62. The second-order valence-corrected chi connectivity index (χ2v) is 10.0. The Morgan fingerprint density at radius 2 is 0.962 bits per heavy atom. The van der Waals surface area contributed by atoms with Gasteiger partial charge in [0.2, 0.25) is 0 Å². The minimum absolute atomic E-state index is 0.0855. The number of halogens is 3. The van der Waals surface area contributed by atoms with E-state index in [0.29, 0.717) is 15.1 Å². The van der Waals surface area contributed by atoms with Crippen molar-refractivity contribution in [1.82, 2.24) is 0 Å². The zero-order valence-corrected chi connectivity index (χ0v) is 17.0. The zero-order chi connectivity index (χ0) is 18.7. The molecule has 3 aromatic rings. The molecule has 0 aromatic heterocycles. The van der Waals surface area contributed by atoms with Gasteiger partial charge in [0.1, 0.15) is 0 Å². The van der Waals surface area contributed by atoms with Gasteiger partial charge < -0.3 is 0 Å². The van der Waals surface area contributed by atoms with Crippen molar-refractivity contribution >= 4 is 55.5 Å². The van der Waals surface area contributed by atoms with Crippen molar-refractivity contribution in [2.45, 2.75) is 14.7 Å². The highest BCUT2D eigenvalue weighted by molar-refractivity contribution is 8.00. The summed E-state index contributed by atoms with van der Waals surface area (Å²) in [6.45, 7) is 0. The summed E-state index contributed by atoms with van der Waals surface area (Å²) in [6, 6.07) is 19.8. The Kier molecular flexibility index (Phi) is 6.05. The highest BCUT2D eigenvalue weighted by Crippen LogP contribution is 2.26. The van der Waals surface area contributed by atoms with Crippen molar-refractivity contribution < 1.29 is 8.42 Å². The first-order chi connectivity index (χ1) is 12.3. The molecule has 3 rings (SSSR count). The Morgan fingerprint density at radius 1 is 0.615 bits per heavy atom. The molecule has 0 saturated carbocycles. The number of sulfonamides is 1. The van der Waals surface area contributed by atoms with Crippen LogP contribution in [0.1, 0.15) is 0 Å². The van der Waals surface area contributed by atoms with E-state index >= 15 is 0 Å². The maximum Gasteiger partial charge on any atom is 0.288 e. The van der Waals surface area contributed by atoms with Gasteiger partial charge in [0, 0.05) is 24.9 Å². The second-order valence-electron chi connectivity index (χ2n) is 5.20. The molecule has 0 aliphatic heterocycles. The zero-order valence-electron chi connectivity index (χ0n) is 13.1. The van der Waals surface area contributed by atoms with Gasteiger partial charge in [-0.3, -0.25) is 0 Å². The third-order valence-electron chi connectivity index (χ3n) is 3.36. The van der Waals surface area contributed by atoms with Crippen LogP contribution in [0, 0.1) is 0 Å². The Balaban J connectivity index is 2.16. The molecule has 0 amide bonds. The lowest BCUT2D eigenvalue weighted by atomic mass is 10.4. The van der Waals surface area contributed by atoms with Gasteiger partial charge in [-0.15, -0.1) is 3.77 Å². The molecule has 26 heavy (non-hydrogen) atoms. The Bertz CT molecular complexity index is 1000. The lowest BCUT2D eigenvalue weighted by molar-refractivity contribution is 0.598. The standard InChI is InChI=1S/C18H12Cl3NO2S2/c19-13-1-7-16(8-2-13)25(17-9-3-14(20)4-10-17)22-26(23,24)18-11-5-15(21)6-12-18/h1-12H. The van der Waals surface area contributed by atoms with E-state index in [1.54, 1.807) is 48.5 Å². The predicted molar refractivity (Wildman–Crippen MR) is 108 cm³/mol. The van der Waals surface area contributed by atoms with E-state index in [2.05, 4.69) is 3.77 Å². The monoisotopic (exact) mass is 443 g/mol. The minimum atomic E-state index is -3.88. The first-order valence-electron chi connectivity index (χ1n) is 7.34. The molecule has 8 heteroatoms. The van der Waals surface area contributed by atoms with Crippen molar-refractivity contribution in [2.75, 3.05) is 0 Å². The van der Waals surface area contributed by atoms with E-state index in [1.165, 1.54) is 24.3 Å². The molecule has 0 N–H and O–H groups in total. The molecular weight excluding hydrogens is 433 g/mol. The van der Waals surface area contributed by atoms with Crippen LogP contribution in [0.25, 0.3) is 0 Å². The summed E-state index contributed by atoms with van der Waals surface area (Å²) in [4.78, 5) is 1.55. The quantitative estimate of drug-likeness (QED) is 0.477. The van der Waals surface area contributed by atoms with E-state index in [4.69, 9.17) is 34.8 Å². The first kappa shape index (κ1) is 19.4. The predicted octanol–water partition coefficient (Wildman–Crippen LogP) is 6.26. The maximum atomic E-state index is 12.8. The number of hydrogen-bond donors (Lipinski definition) is 0. The molecule has 0 saturated heterocycles. The van der Waals surface area contributed by atoms with Crippen LogP contribution in [-0.2, 0) is 20.7 Å². The van der Waals surface area contributed by atoms with Crippen LogP contribution in [-0.4, -0.2) is 8.42 Å². The fraction of sp³-hybridized carbons (Fsp3) is 0. The van der Waals surface area contributed by atoms with Gasteiger partial charge in [-0.1, -0.05) is 34.8 Å². The number of hydrogen-bond acceptors (Lipinski definition) is 2. The number of rotatable bonds is 4. The molecule has 0 aliphatic carbocycles. The molecule has 0 aliphatic rings. The first-order valence-corrected chi connectivity index (χ1v) is 11.1. The normalized spacial score (nSPS) is 11.5. The molecule has 3 aromatic carbocycles. The lowest BCUT2D eigenvalue weighted by Crippen LogP contribution is -2.01. The van der Waals surface area contributed by atoms with E-state index in [9.17, 15) is 8.42 Å². The fourth-order valence-electron chi connectivity index (χ4n) is 2.10. The molecule has 0 radical (unpaired) electrons. The molecule has 134 valence electrons. The van der Waals surface area contributed by atoms with Crippen LogP contribution < -0.4 is 0 Å². The molecule has 3 nitrogen and oxygen atoms in total. The van der Waals surface area contributed by atoms with Gasteiger partial charge >= 0.3 is 0 Å². The summed E-state index contributed by atoms with van der Waals surface area (Å²) < 4.78 is 29.7. The van der Waals surface area contributed by atoms with Crippen LogP contribution in [0.4, 0.5) is 0 Å². The smallest absolute Gasteiger partial charge is 0.199 e. The third kappa shape index (κ3) is 4.67. The fourth-order valence-corrected chi connectivity index (χ4v) is 5.83. The van der Waals surface area contributed by atoms with Crippen LogP contribution >= 0.6 is 34.8 Å². The number of benzene rings is 3. The summed E-state index contributed by atoms with van der Waals surface area (Å²) in [5, 5.41) is 1.58. The van der Waals surface area contributed by atoms with Crippen LogP contribution in [0.5, 0.6) is 0 Å². The van der Waals surface area contributed by atoms with E-state index in [-0.39, 0.29) is 4.90 Å². The van der Waals surface area contributed by atoms with Crippen LogP contribution in [0.15, 0.2) is 91.3 Å². The summed E-state index contributed by atoms with van der Waals surface area (Å²) in [5.41, 5.74) is 0. The van der Waals surface area contributed by atoms with Crippen molar-refractivity contribution in [3.63, 3.8) is 0 Å². The topological polar surface area (TPSA) is 46.5 Å². The second kappa shape index (κ2) is 8.11. The van der Waals surface area contributed by atoms with E-state index < -0.39 is 20.7 Å². The van der Waals surface area contributed by atoms with Crippen LogP contribution in [0.3, 0.4) is 0 Å². The molecule has 0 spiro atoms. The molecule has 0 unspecified atom stereocenters. The third-order valence-corrected chi connectivity index (χ3v) is 7.80. The van der Waals surface area contributed by atoms with Gasteiger partial charge in [0.15, 0.2) is 0 Å². The largest absolute Gasteiger partial charge is 0.288 e. The van der Waals surface area contributed by atoms with E-state index in [1.807, 2.05) is 0 Å². The molecule has 0 atom stereocenters. The van der Waals surface area contributed by atoms with E-state index in [0.717, 1.165) is 9.79 Å².